The summed E-state index contributed by atoms with van der Waals surface area (Å²) in [5.41, 5.74) is 1.27. The van der Waals surface area contributed by atoms with Crippen molar-refractivity contribution in [2.45, 2.75) is 13.3 Å². The topological polar surface area (TPSA) is 71.4 Å². The molecule has 0 aromatic heterocycles. The third kappa shape index (κ3) is 3.26. The lowest BCUT2D eigenvalue weighted by atomic mass is 9.97. The van der Waals surface area contributed by atoms with Crippen LogP contribution in [-0.4, -0.2) is 49.0 Å². The van der Waals surface area contributed by atoms with E-state index in [0.717, 1.165) is 5.71 Å². The van der Waals surface area contributed by atoms with Gasteiger partial charge in [-0.2, -0.15) is 0 Å². The molecular formula is C15H20N2O4. The summed E-state index contributed by atoms with van der Waals surface area (Å²) in [6, 6.07) is 5.13. The monoisotopic (exact) mass is 292 g/mol. The molecule has 1 aromatic rings. The summed E-state index contributed by atoms with van der Waals surface area (Å²) in [5.74, 6) is 1.15. The second-order valence-electron chi connectivity index (χ2n) is 5.09. The Hall–Kier alpha value is -2.24. The van der Waals surface area contributed by atoms with Gasteiger partial charge in [0.05, 0.1) is 19.9 Å². The fourth-order valence-corrected chi connectivity index (χ4v) is 2.47. The van der Waals surface area contributed by atoms with Gasteiger partial charge in [-0.1, -0.05) is 12.1 Å². The van der Waals surface area contributed by atoms with Gasteiger partial charge in [-0.3, -0.25) is 4.79 Å². The summed E-state index contributed by atoms with van der Waals surface area (Å²) in [4.78, 5) is 14.3. The molecule has 0 radical (unpaired) electrons. The molecule has 1 atom stereocenters. The SMILES string of the molecule is COc1cc(OC)cc(C(=O)N2CC/C(=N/O)C(C)C2)c1. The molecule has 1 aliphatic heterocycles. The summed E-state index contributed by atoms with van der Waals surface area (Å²) in [7, 11) is 3.10. The number of benzene rings is 1. The fraction of sp³-hybridized carbons (Fsp3) is 0.467. The lowest BCUT2D eigenvalue weighted by molar-refractivity contribution is 0.0733. The minimum atomic E-state index is -0.0731. The highest BCUT2D eigenvalue weighted by Crippen LogP contribution is 2.24. The number of methoxy groups -OCH3 is 2. The number of rotatable bonds is 3. The highest BCUT2D eigenvalue weighted by molar-refractivity contribution is 5.97. The minimum Gasteiger partial charge on any atom is -0.497 e. The molecule has 2 rings (SSSR count). The minimum absolute atomic E-state index is 0.0557. The Balaban J connectivity index is 2.20. The molecule has 1 fully saturated rings. The van der Waals surface area contributed by atoms with Gasteiger partial charge in [0.2, 0.25) is 0 Å². The highest BCUT2D eigenvalue weighted by Gasteiger charge is 2.27. The average Bonchev–Trinajstić information content (AvgIpc) is 2.53. The number of carbonyl (C=O) groups excluding carboxylic acids is 1. The first-order chi connectivity index (χ1) is 10.1. The van der Waals surface area contributed by atoms with Crippen molar-refractivity contribution in [1.29, 1.82) is 0 Å². The lowest BCUT2D eigenvalue weighted by Gasteiger charge is -2.31. The van der Waals surface area contributed by atoms with E-state index in [1.165, 1.54) is 0 Å². The van der Waals surface area contributed by atoms with Gasteiger partial charge in [0.25, 0.3) is 5.91 Å². The Labute approximate surface area is 124 Å². The summed E-state index contributed by atoms with van der Waals surface area (Å²) in [6.45, 7) is 3.03. The molecule has 114 valence electrons. The molecule has 1 aromatic carbocycles. The van der Waals surface area contributed by atoms with Gasteiger partial charge in [0.1, 0.15) is 11.5 Å². The van der Waals surface area contributed by atoms with Gasteiger partial charge in [-0.05, 0) is 12.1 Å². The van der Waals surface area contributed by atoms with Gasteiger partial charge in [0, 0.05) is 37.1 Å². The van der Waals surface area contributed by atoms with E-state index in [2.05, 4.69) is 5.16 Å². The Morgan fingerprint density at radius 1 is 1.29 bits per heavy atom. The van der Waals surface area contributed by atoms with E-state index in [9.17, 15) is 4.79 Å². The second kappa shape index (κ2) is 6.47. The molecule has 1 amide bonds. The Morgan fingerprint density at radius 2 is 1.90 bits per heavy atom. The van der Waals surface area contributed by atoms with E-state index in [-0.39, 0.29) is 11.8 Å². The van der Waals surface area contributed by atoms with Crippen LogP contribution in [0.2, 0.25) is 0 Å². The van der Waals surface area contributed by atoms with Crippen LogP contribution in [0.5, 0.6) is 11.5 Å². The van der Waals surface area contributed by atoms with Crippen LogP contribution >= 0.6 is 0 Å². The molecule has 0 bridgehead atoms. The Bertz CT molecular complexity index is 534. The maximum absolute atomic E-state index is 12.6. The van der Waals surface area contributed by atoms with Crippen molar-refractivity contribution < 1.29 is 19.5 Å². The average molecular weight is 292 g/mol. The predicted molar refractivity (Wildman–Crippen MR) is 78.5 cm³/mol. The molecule has 1 saturated heterocycles. The third-order valence-electron chi connectivity index (χ3n) is 3.72. The van der Waals surface area contributed by atoms with Crippen LogP contribution in [0.25, 0.3) is 0 Å². The van der Waals surface area contributed by atoms with Gasteiger partial charge in [0.15, 0.2) is 0 Å². The van der Waals surface area contributed by atoms with Crippen LogP contribution in [0.3, 0.4) is 0 Å². The van der Waals surface area contributed by atoms with Crippen molar-refractivity contribution in [3.05, 3.63) is 23.8 Å². The summed E-state index contributed by atoms with van der Waals surface area (Å²) in [6.07, 6.45) is 0.588. The van der Waals surface area contributed by atoms with E-state index in [1.807, 2.05) is 6.92 Å². The van der Waals surface area contributed by atoms with Gasteiger partial charge >= 0.3 is 0 Å². The highest BCUT2D eigenvalue weighted by atomic mass is 16.5. The predicted octanol–water partition coefficient (Wildman–Crippen LogP) is 2.02. The van der Waals surface area contributed by atoms with Gasteiger partial charge in [-0.25, -0.2) is 0 Å². The largest absolute Gasteiger partial charge is 0.497 e. The van der Waals surface area contributed by atoms with Crippen molar-refractivity contribution >= 4 is 11.6 Å². The molecule has 1 aliphatic rings. The number of oxime groups is 1. The first kappa shape index (κ1) is 15.2. The summed E-state index contributed by atoms with van der Waals surface area (Å²) >= 11 is 0. The van der Waals surface area contributed by atoms with Crippen LogP contribution in [-0.2, 0) is 0 Å². The number of ether oxygens (including phenoxy) is 2. The molecule has 0 aliphatic carbocycles. The maximum Gasteiger partial charge on any atom is 0.254 e. The van der Waals surface area contributed by atoms with Gasteiger partial charge in [-0.15, -0.1) is 0 Å². The van der Waals surface area contributed by atoms with Crippen LogP contribution in [0.15, 0.2) is 23.4 Å². The number of likely N-dealkylation sites (tertiary alicyclic amines) is 1. The number of carbonyl (C=O) groups is 1. The van der Waals surface area contributed by atoms with Crippen molar-refractivity contribution in [3.63, 3.8) is 0 Å². The molecule has 6 nitrogen and oxygen atoms in total. The zero-order valence-corrected chi connectivity index (χ0v) is 12.5. The molecule has 0 saturated carbocycles. The normalized spacial score (nSPS) is 20.4. The standard InChI is InChI=1S/C15H20N2O4/c1-10-9-17(5-4-14(10)16-19)15(18)11-6-12(20-2)8-13(7-11)21-3/h6-8,10,19H,4-5,9H2,1-3H3/b16-14-. The number of hydrogen-bond donors (Lipinski definition) is 1. The number of amides is 1. The summed E-state index contributed by atoms with van der Waals surface area (Å²) in [5, 5.41) is 12.2. The lowest BCUT2D eigenvalue weighted by Crippen LogP contribution is -2.43. The maximum atomic E-state index is 12.6. The second-order valence-corrected chi connectivity index (χ2v) is 5.09. The smallest absolute Gasteiger partial charge is 0.254 e. The fourth-order valence-electron chi connectivity index (χ4n) is 2.47. The van der Waals surface area contributed by atoms with Crippen LogP contribution in [0.4, 0.5) is 0 Å². The molecular weight excluding hydrogens is 272 g/mol. The Kier molecular flexibility index (Phi) is 4.67. The first-order valence-electron chi connectivity index (χ1n) is 6.82. The van der Waals surface area contributed by atoms with Crippen molar-refractivity contribution in [2.24, 2.45) is 11.1 Å². The molecule has 21 heavy (non-hydrogen) atoms. The molecule has 6 heteroatoms. The zero-order valence-electron chi connectivity index (χ0n) is 12.5. The number of piperidine rings is 1. The van der Waals surface area contributed by atoms with Crippen molar-refractivity contribution in [3.8, 4) is 11.5 Å². The van der Waals surface area contributed by atoms with Crippen molar-refractivity contribution in [2.75, 3.05) is 27.3 Å². The van der Waals surface area contributed by atoms with Crippen molar-refractivity contribution in [1.82, 2.24) is 4.90 Å². The van der Waals surface area contributed by atoms with E-state index < -0.39 is 0 Å². The van der Waals surface area contributed by atoms with Crippen LogP contribution in [0, 0.1) is 5.92 Å². The first-order valence-corrected chi connectivity index (χ1v) is 6.82. The Morgan fingerprint density at radius 3 is 2.38 bits per heavy atom. The van der Waals surface area contributed by atoms with E-state index >= 15 is 0 Å². The molecule has 1 heterocycles. The van der Waals surface area contributed by atoms with Crippen LogP contribution < -0.4 is 9.47 Å². The van der Waals surface area contributed by atoms with Gasteiger partial charge < -0.3 is 19.6 Å². The summed E-state index contributed by atoms with van der Waals surface area (Å²) < 4.78 is 10.4. The van der Waals surface area contributed by atoms with E-state index in [0.29, 0.717) is 36.6 Å². The quantitative estimate of drug-likeness (QED) is 0.683. The number of hydrogen-bond acceptors (Lipinski definition) is 5. The molecule has 0 spiro atoms. The van der Waals surface area contributed by atoms with Crippen LogP contribution in [0.1, 0.15) is 23.7 Å². The number of nitrogens with zero attached hydrogens (tertiary/aromatic N) is 2. The molecule has 1 N–H and O–H groups in total. The zero-order chi connectivity index (χ0) is 15.4. The van der Waals surface area contributed by atoms with E-state index in [4.69, 9.17) is 14.7 Å². The third-order valence-corrected chi connectivity index (χ3v) is 3.72. The van der Waals surface area contributed by atoms with E-state index in [1.54, 1.807) is 37.3 Å². The molecule has 1 unspecified atom stereocenters.